The van der Waals surface area contributed by atoms with Gasteiger partial charge in [0, 0.05) is 18.7 Å². The Balaban J connectivity index is 2.32. The second kappa shape index (κ2) is 4.00. The topological polar surface area (TPSA) is 77.5 Å². The summed E-state index contributed by atoms with van der Waals surface area (Å²) in [6, 6.07) is 11.6. The van der Waals surface area contributed by atoms with Crippen LogP contribution in [0.3, 0.4) is 0 Å². The third kappa shape index (κ3) is 1.47. The maximum atomic E-state index is 9.25. The molecule has 0 amide bonds. The molecular formula is C13H11N5. The molecule has 3 rings (SSSR count). The van der Waals surface area contributed by atoms with Gasteiger partial charge in [0.2, 0.25) is 5.95 Å². The first-order valence-corrected chi connectivity index (χ1v) is 5.70. The highest BCUT2D eigenvalue weighted by Crippen LogP contribution is 2.21. The number of nitrogens with one attached hydrogen (secondary N) is 2. The summed E-state index contributed by atoms with van der Waals surface area (Å²) in [6.45, 7) is 1.44. The predicted molar refractivity (Wildman–Crippen MR) is 66.7 cm³/mol. The Morgan fingerprint density at radius 3 is 2.83 bits per heavy atom. The van der Waals surface area contributed by atoms with E-state index in [0.717, 1.165) is 12.1 Å². The van der Waals surface area contributed by atoms with Crippen LogP contribution in [0, 0.1) is 16.7 Å². The molecule has 5 nitrogen and oxygen atoms in total. The van der Waals surface area contributed by atoms with Gasteiger partial charge in [0.25, 0.3) is 0 Å². The molecule has 88 valence electrons. The molecule has 1 aliphatic rings. The third-order valence-corrected chi connectivity index (χ3v) is 2.99. The Kier molecular flexibility index (Phi) is 2.34. The zero-order valence-electron chi connectivity index (χ0n) is 9.64. The van der Waals surface area contributed by atoms with Crippen LogP contribution >= 0.6 is 0 Å². The first kappa shape index (κ1) is 10.5. The number of nitrogens with zero attached hydrogens (tertiary/aromatic N) is 3. The fourth-order valence-electron chi connectivity index (χ4n) is 2.12. The van der Waals surface area contributed by atoms with Gasteiger partial charge in [-0.15, -0.1) is 0 Å². The number of hydrogen-bond donors (Lipinski definition) is 2. The maximum Gasteiger partial charge on any atom is 0.205 e. The summed E-state index contributed by atoms with van der Waals surface area (Å²) in [4.78, 5) is 4.46. The third-order valence-electron chi connectivity index (χ3n) is 2.99. The number of rotatable bonds is 1. The van der Waals surface area contributed by atoms with E-state index in [1.54, 1.807) is 4.57 Å². The smallest absolute Gasteiger partial charge is 0.205 e. The summed E-state index contributed by atoms with van der Waals surface area (Å²) in [5, 5.41) is 20.5. The van der Waals surface area contributed by atoms with E-state index in [0.29, 0.717) is 23.8 Å². The van der Waals surface area contributed by atoms with Gasteiger partial charge < -0.3 is 5.32 Å². The molecule has 0 atom stereocenters. The van der Waals surface area contributed by atoms with Crippen molar-refractivity contribution in [3.8, 4) is 17.3 Å². The summed E-state index contributed by atoms with van der Waals surface area (Å²) in [5.41, 5.74) is 1.99. The lowest BCUT2D eigenvalue weighted by Gasteiger charge is -2.08. The SMILES string of the molecule is N#Cc1c(-c2ccccc2)nc2n(c1=N)CCN2. The highest BCUT2D eigenvalue weighted by molar-refractivity contribution is 5.67. The lowest BCUT2D eigenvalue weighted by Crippen LogP contribution is -2.23. The van der Waals surface area contributed by atoms with Gasteiger partial charge in [-0.25, -0.2) is 4.98 Å². The van der Waals surface area contributed by atoms with Crippen molar-refractivity contribution in [2.75, 3.05) is 11.9 Å². The monoisotopic (exact) mass is 237 g/mol. The molecule has 0 radical (unpaired) electrons. The van der Waals surface area contributed by atoms with E-state index in [2.05, 4.69) is 16.4 Å². The standard InChI is InChI=1S/C13H11N5/c14-8-10-11(9-4-2-1-3-5-9)17-13-16-6-7-18(13)12(10)15/h1-5,15H,6-7H2,(H,16,17). The van der Waals surface area contributed by atoms with Gasteiger partial charge in [-0.05, 0) is 0 Å². The minimum Gasteiger partial charge on any atom is -0.354 e. The fourth-order valence-corrected chi connectivity index (χ4v) is 2.12. The first-order valence-electron chi connectivity index (χ1n) is 5.70. The number of fused-ring (bicyclic) bond motifs is 1. The van der Waals surface area contributed by atoms with Gasteiger partial charge in [0.1, 0.15) is 17.1 Å². The van der Waals surface area contributed by atoms with Gasteiger partial charge in [-0.3, -0.25) is 9.98 Å². The summed E-state index contributed by atoms with van der Waals surface area (Å²) in [5.74, 6) is 0.665. The fraction of sp³-hybridized carbons (Fsp3) is 0.154. The van der Waals surface area contributed by atoms with Crippen molar-refractivity contribution in [3.63, 3.8) is 0 Å². The van der Waals surface area contributed by atoms with Gasteiger partial charge in [0.05, 0.1) is 5.69 Å². The molecule has 0 saturated carbocycles. The molecule has 2 aromatic rings. The van der Waals surface area contributed by atoms with Crippen molar-refractivity contribution >= 4 is 5.95 Å². The molecule has 0 unspecified atom stereocenters. The van der Waals surface area contributed by atoms with Crippen molar-refractivity contribution in [3.05, 3.63) is 41.4 Å². The van der Waals surface area contributed by atoms with Gasteiger partial charge in [0.15, 0.2) is 0 Å². The number of nitriles is 1. The minimum atomic E-state index is 0.228. The summed E-state index contributed by atoms with van der Waals surface area (Å²) in [6.07, 6.45) is 0. The van der Waals surface area contributed by atoms with Crippen LogP contribution in [0.2, 0.25) is 0 Å². The van der Waals surface area contributed by atoms with Crippen LogP contribution in [0.5, 0.6) is 0 Å². The zero-order chi connectivity index (χ0) is 12.5. The van der Waals surface area contributed by atoms with E-state index in [1.165, 1.54) is 0 Å². The lowest BCUT2D eigenvalue weighted by molar-refractivity contribution is 0.732. The van der Waals surface area contributed by atoms with E-state index >= 15 is 0 Å². The van der Waals surface area contributed by atoms with E-state index < -0.39 is 0 Å². The van der Waals surface area contributed by atoms with Gasteiger partial charge in [-0.2, -0.15) is 5.26 Å². The number of hydrogen-bond acceptors (Lipinski definition) is 4. The second-order valence-corrected chi connectivity index (χ2v) is 4.06. The lowest BCUT2D eigenvalue weighted by atomic mass is 10.1. The molecule has 0 bridgehead atoms. The zero-order valence-corrected chi connectivity index (χ0v) is 9.64. The van der Waals surface area contributed by atoms with Crippen LogP contribution in [-0.2, 0) is 6.54 Å². The average Bonchev–Trinajstić information content (AvgIpc) is 2.88. The Bertz CT molecular complexity index is 694. The van der Waals surface area contributed by atoms with Crippen LogP contribution in [0.25, 0.3) is 11.3 Å². The number of anilines is 1. The molecule has 5 heteroatoms. The van der Waals surface area contributed by atoms with Crippen molar-refractivity contribution in [2.45, 2.75) is 6.54 Å². The first-order chi connectivity index (χ1) is 8.81. The molecule has 1 aromatic heterocycles. The molecule has 0 aliphatic carbocycles. The average molecular weight is 237 g/mol. The quantitative estimate of drug-likeness (QED) is 0.785. The Labute approximate surface area is 104 Å². The summed E-state index contributed by atoms with van der Waals surface area (Å²) < 4.78 is 1.73. The molecule has 2 N–H and O–H groups in total. The highest BCUT2D eigenvalue weighted by atomic mass is 15.3. The molecular weight excluding hydrogens is 226 g/mol. The second-order valence-electron chi connectivity index (χ2n) is 4.06. The van der Waals surface area contributed by atoms with Crippen LogP contribution in [0.15, 0.2) is 30.3 Å². The maximum absolute atomic E-state index is 9.25. The van der Waals surface area contributed by atoms with Crippen LogP contribution < -0.4 is 10.8 Å². The minimum absolute atomic E-state index is 0.228. The molecule has 0 fully saturated rings. The highest BCUT2D eigenvalue weighted by Gasteiger charge is 2.18. The summed E-state index contributed by atoms with van der Waals surface area (Å²) >= 11 is 0. The number of aromatic nitrogens is 2. The normalized spacial score (nSPS) is 12.6. The number of benzene rings is 1. The Morgan fingerprint density at radius 2 is 2.11 bits per heavy atom. The van der Waals surface area contributed by atoms with Crippen LogP contribution in [0.1, 0.15) is 5.56 Å². The Morgan fingerprint density at radius 1 is 1.33 bits per heavy atom. The van der Waals surface area contributed by atoms with Gasteiger partial charge in [-0.1, -0.05) is 30.3 Å². The van der Waals surface area contributed by atoms with E-state index in [1.807, 2.05) is 30.3 Å². The van der Waals surface area contributed by atoms with E-state index in [-0.39, 0.29) is 5.49 Å². The van der Waals surface area contributed by atoms with Crippen molar-refractivity contribution in [1.82, 2.24) is 9.55 Å². The van der Waals surface area contributed by atoms with Gasteiger partial charge >= 0.3 is 0 Å². The molecule has 2 heterocycles. The van der Waals surface area contributed by atoms with Crippen LogP contribution in [0.4, 0.5) is 5.95 Å². The Hall–Kier alpha value is -2.61. The van der Waals surface area contributed by atoms with Crippen molar-refractivity contribution < 1.29 is 0 Å². The molecule has 0 saturated heterocycles. The van der Waals surface area contributed by atoms with E-state index in [4.69, 9.17) is 5.41 Å². The molecule has 1 aliphatic heterocycles. The van der Waals surface area contributed by atoms with E-state index in [9.17, 15) is 5.26 Å². The summed E-state index contributed by atoms with van der Waals surface area (Å²) in [7, 11) is 0. The largest absolute Gasteiger partial charge is 0.354 e. The molecule has 18 heavy (non-hydrogen) atoms. The molecule has 1 aromatic carbocycles. The van der Waals surface area contributed by atoms with Crippen molar-refractivity contribution in [2.24, 2.45) is 0 Å². The molecule has 0 spiro atoms. The van der Waals surface area contributed by atoms with Crippen LogP contribution in [-0.4, -0.2) is 16.1 Å². The predicted octanol–water partition coefficient (Wildman–Crippen LogP) is 1.33. The van der Waals surface area contributed by atoms with Crippen molar-refractivity contribution in [1.29, 1.82) is 10.7 Å².